The van der Waals surface area contributed by atoms with E-state index in [0.29, 0.717) is 12.1 Å². The van der Waals surface area contributed by atoms with Gasteiger partial charge in [-0.05, 0) is 57.7 Å². The molecule has 0 atom stereocenters. The van der Waals surface area contributed by atoms with Crippen molar-refractivity contribution < 1.29 is 4.74 Å². The summed E-state index contributed by atoms with van der Waals surface area (Å²) in [5.74, 6) is 1.10. The van der Waals surface area contributed by atoms with Crippen LogP contribution >= 0.6 is 0 Å². The summed E-state index contributed by atoms with van der Waals surface area (Å²) in [6.45, 7) is 9.75. The van der Waals surface area contributed by atoms with Gasteiger partial charge in [-0.25, -0.2) is 0 Å². The largest absolute Gasteiger partial charge is 0.490 e. The van der Waals surface area contributed by atoms with E-state index >= 15 is 0 Å². The number of nitrogens with one attached hydrogen (secondary N) is 1. The van der Waals surface area contributed by atoms with E-state index in [1.807, 2.05) is 0 Å². The maximum atomic E-state index is 6.14. The standard InChI is InChI=1S/C16H25NO/c1-5-6-17-14-9-15(10-14)18-16-12(3)7-11(2)8-13(16)4/h7-8,14-15,17H,5-6,9-10H2,1-4H3. The first kappa shape index (κ1) is 13.4. The van der Waals surface area contributed by atoms with Crippen LogP contribution in [0.3, 0.4) is 0 Å². The lowest BCUT2D eigenvalue weighted by molar-refractivity contribution is 0.0838. The molecule has 1 saturated carbocycles. The van der Waals surface area contributed by atoms with Gasteiger partial charge in [0.05, 0.1) is 0 Å². The van der Waals surface area contributed by atoms with Crippen LogP contribution in [0.4, 0.5) is 0 Å². The predicted octanol–water partition coefficient (Wildman–Crippen LogP) is 3.52. The molecule has 1 aromatic rings. The lowest BCUT2D eigenvalue weighted by atomic mass is 9.89. The van der Waals surface area contributed by atoms with E-state index in [-0.39, 0.29) is 0 Å². The Morgan fingerprint density at radius 3 is 2.33 bits per heavy atom. The summed E-state index contributed by atoms with van der Waals surface area (Å²) >= 11 is 0. The zero-order valence-electron chi connectivity index (χ0n) is 12.0. The van der Waals surface area contributed by atoms with Crippen molar-refractivity contribution >= 4 is 0 Å². The van der Waals surface area contributed by atoms with Crippen molar-refractivity contribution in [2.45, 2.75) is 59.1 Å². The second-order valence-corrected chi connectivity index (χ2v) is 5.59. The molecule has 0 spiro atoms. The van der Waals surface area contributed by atoms with E-state index in [2.05, 4.69) is 45.1 Å². The summed E-state index contributed by atoms with van der Waals surface area (Å²) < 4.78 is 6.14. The Kier molecular flexibility index (Phi) is 4.28. The van der Waals surface area contributed by atoms with Crippen LogP contribution in [0.5, 0.6) is 5.75 Å². The fourth-order valence-electron chi connectivity index (χ4n) is 2.70. The normalized spacial score (nSPS) is 22.7. The van der Waals surface area contributed by atoms with E-state index in [9.17, 15) is 0 Å². The van der Waals surface area contributed by atoms with Gasteiger partial charge >= 0.3 is 0 Å². The topological polar surface area (TPSA) is 21.3 Å². The van der Waals surface area contributed by atoms with Gasteiger partial charge in [-0.15, -0.1) is 0 Å². The number of benzene rings is 1. The van der Waals surface area contributed by atoms with Crippen molar-refractivity contribution in [2.24, 2.45) is 0 Å². The third-order valence-electron chi connectivity index (χ3n) is 3.67. The first-order valence-electron chi connectivity index (χ1n) is 7.08. The van der Waals surface area contributed by atoms with Gasteiger partial charge in [0.25, 0.3) is 0 Å². The zero-order valence-corrected chi connectivity index (χ0v) is 12.0. The van der Waals surface area contributed by atoms with Crippen LogP contribution in [0.25, 0.3) is 0 Å². The highest BCUT2D eigenvalue weighted by molar-refractivity contribution is 5.43. The summed E-state index contributed by atoms with van der Waals surface area (Å²) in [7, 11) is 0. The molecule has 0 heterocycles. The second-order valence-electron chi connectivity index (χ2n) is 5.59. The van der Waals surface area contributed by atoms with E-state index in [1.54, 1.807) is 0 Å². The minimum Gasteiger partial charge on any atom is -0.490 e. The van der Waals surface area contributed by atoms with Crippen LogP contribution in [0.2, 0.25) is 0 Å². The molecular formula is C16H25NO. The van der Waals surface area contributed by atoms with Gasteiger partial charge in [-0.1, -0.05) is 24.6 Å². The Morgan fingerprint density at radius 2 is 1.78 bits per heavy atom. The van der Waals surface area contributed by atoms with Gasteiger partial charge in [0.15, 0.2) is 0 Å². The molecule has 0 amide bonds. The molecule has 1 fully saturated rings. The number of aryl methyl sites for hydroxylation is 3. The van der Waals surface area contributed by atoms with Crippen molar-refractivity contribution in [1.82, 2.24) is 5.32 Å². The molecule has 1 aliphatic rings. The molecule has 2 nitrogen and oxygen atoms in total. The number of hydrogen-bond donors (Lipinski definition) is 1. The maximum Gasteiger partial charge on any atom is 0.125 e. The molecule has 0 unspecified atom stereocenters. The van der Waals surface area contributed by atoms with E-state index in [1.165, 1.54) is 23.1 Å². The number of rotatable bonds is 5. The van der Waals surface area contributed by atoms with Crippen LogP contribution in [0, 0.1) is 20.8 Å². The first-order chi connectivity index (χ1) is 8.60. The Balaban J connectivity index is 1.89. The van der Waals surface area contributed by atoms with Gasteiger partial charge in [0.1, 0.15) is 11.9 Å². The molecule has 1 aliphatic carbocycles. The van der Waals surface area contributed by atoms with Crippen molar-refractivity contribution in [1.29, 1.82) is 0 Å². The third-order valence-corrected chi connectivity index (χ3v) is 3.67. The molecule has 100 valence electrons. The Hall–Kier alpha value is -1.02. The summed E-state index contributed by atoms with van der Waals surface area (Å²) in [6, 6.07) is 5.07. The molecule has 1 aromatic carbocycles. The van der Waals surface area contributed by atoms with Gasteiger partial charge < -0.3 is 10.1 Å². The molecule has 0 aliphatic heterocycles. The Bertz CT molecular complexity index is 385. The SMILES string of the molecule is CCCNC1CC(Oc2c(C)cc(C)cc2C)C1. The smallest absolute Gasteiger partial charge is 0.125 e. The summed E-state index contributed by atoms with van der Waals surface area (Å²) in [5.41, 5.74) is 3.84. The van der Waals surface area contributed by atoms with E-state index in [0.717, 1.165) is 25.1 Å². The summed E-state index contributed by atoms with van der Waals surface area (Å²) in [6.07, 6.45) is 3.90. The van der Waals surface area contributed by atoms with Crippen LogP contribution in [0.15, 0.2) is 12.1 Å². The predicted molar refractivity (Wildman–Crippen MR) is 76.4 cm³/mol. The molecule has 0 bridgehead atoms. The van der Waals surface area contributed by atoms with Crippen LogP contribution in [0.1, 0.15) is 42.9 Å². The molecule has 0 radical (unpaired) electrons. The van der Waals surface area contributed by atoms with Gasteiger partial charge in [0.2, 0.25) is 0 Å². The van der Waals surface area contributed by atoms with Crippen LogP contribution in [-0.4, -0.2) is 18.7 Å². The quantitative estimate of drug-likeness (QED) is 0.859. The van der Waals surface area contributed by atoms with Gasteiger partial charge in [-0.2, -0.15) is 0 Å². The van der Waals surface area contributed by atoms with Crippen molar-refractivity contribution in [3.8, 4) is 5.75 Å². The minimum atomic E-state index is 0.402. The van der Waals surface area contributed by atoms with Crippen molar-refractivity contribution in [3.05, 3.63) is 28.8 Å². The van der Waals surface area contributed by atoms with E-state index < -0.39 is 0 Å². The molecule has 2 heteroatoms. The third kappa shape index (κ3) is 3.05. The molecule has 2 rings (SSSR count). The monoisotopic (exact) mass is 247 g/mol. The summed E-state index contributed by atoms with van der Waals surface area (Å²) in [4.78, 5) is 0. The lowest BCUT2D eigenvalue weighted by Gasteiger charge is -2.36. The molecular weight excluding hydrogens is 222 g/mol. The van der Waals surface area contributed by atoms with E-state index in [4.69, 9.17) is 4.74 Å². The Morgan fingerprint density at radius 1 is 1.17 bits per heavy atom. The summed E-state index contributed by atoms with van der Waals surface area (Å²) in [5, 5.41) is 3.54. The van der Waals surface area contributed by atoms with Crippen LogP contribution < -0.4 is 10.1 Å². The molecule has 0 saturated heterocycles. The highest BCUT2D eigenvalue weighted by atomic mass is 16.5. The average Bonchev–Trinajstić information content (AvgIpc) is 2.24. The second kappa shape index (κ2) is 5.75. The van der Waals surface area contributed by atoms with Gasteiger partial charge in [0, 0.05) is 6.04 Å². The van der Waals surface area contributed by atoms with Crippen molar-refractivity contribution in [3.63, 3.8) is 0 Å². The fraction of sp³-hybridized carbons (Fsp3) is 0.625. The zero-order chi connectivity index (χ0) is 13.1. The highest BCUT2D eigenvalue weighted by Crippen LogP contribution is 2.31. The lowest BCUT2D eigenvalue weighted by Crippen LogP contribution is -2.47. The fourth-order valence-corrected chi connectivity index (χ4v) is 2.70. The molecule has 1 N–H and O–H groups in total. The molecule has 18 heavy (non-hydrogen) atoms. The minimum absolute atomic E-state index is 0.402. The van der Waals surface area contributed by atoms with Gasteiger partial charge in [-0.3, -0.25) is 0 Å². The number of hydrogen-bond acceptors (Lipinski definition) is 2. The number of ether oxygens (including phenoxy) is 1. The maximum absolute atomic E-state index is 6.14. The first-order valence-corrected chi connectivity index (χ1v) is 7.08. The highest BCUT2D eigenvalue weighted by Gasteiger charge is 2.30. The average molecular weight is 247 g/mol. The van der Waals surface area contributed by atoms with Crippen molar-refractivity contribution in [2.75, 3.05) is 6.54 Å². The van der Waals surface area contributed by atoms with Crippen LogP contribution in [-0.2, 0) is 0 Å². The Labute approximate surface area is 111 Å². The molecule has 0 aromatic heterocycles.